The largest absolute Gasteiger partial charge is 0.497 e. The van der Waals surface area contributed by atoms with E-state index in [2.05, 4.69) is 0 Å². The number of carbonyl (C=O) groups is 1. The van der Waals surface area contributed by atoms with E-state index in [9.17, 15) is 4.79 Å². The molecule has 3 rings (SSSR count). The van der Waals surface area contributed by atoms with Crippen LogP contribution in [0.15, 0.2) is 60.7 Å². The number of hydrogen-bond acceptors (Lipinski definition) is 6. The molecule has 6 heteroatoms. The van der Waals surface area contributed by atoms with Crippen LogP contribution in [0.4, 0.5) is 0 Å². The first-order valence-electron chi connectivity index (χ1n) is 9.89. The number of ether oxygens (including phenoxy) is 5. The summed E-state index contributed by atoms with van der Waals surface area (Å²) in [7, 11) is 7.77. The van der Waals surface area contributed by atoms with E-state index in [1.807, 2.05) is 54.6 Å². The van der Waals surface area contributed by atoms with Crippen molar-refractivity contribution >= 4 is 17.4 Å². The molecule has 0 N–H and O–H groups in total. The molecular formula is C26H26O6. The lowest BCUT2D eigenvalue weighted by molar-refractivity contribution is 0.105. The van der Waals surface area contributed by atoms with Gasteiger partial charge < -0.3 is 23.7 Å². The van der Waals surface area contributed by atoms with Crippen LogP contribution in [0.3, 0.4) is 0 Å². The van der Waals surface area contributed by atoms with Gasteiger partial charge in [0.15, 0.2) is 17.3 Å². The lowest BCUT2D eigenvalue weighted by Crippen LogP contribution is -2.05. The summed E-state index contributed by atoms with van der Waals surface area (Å²) in [6, 6.07) is 18.1. The SMILES string of the molecule is COc1ccc(/C=C(/C(=O)c2cc(OC)c(OC)c(OC)c2)c2ccc(OC)cc2)cc1. The van der Waals surface area contributed by atoms with Gasteiger partial charge in [0.25, 0.3) is 0 Å². The molecule has 0 heterocycles. The molecule has 0 saturated carbocycles. The molecule has 0 bridgehead atoms. The standard InChI is InChI=1S/C26H26O6/c1-28-20-10-6-17(7-11-20)14-22(18-8-12-21(29-2)13-9-18)25(27)19-15-23(30-3)26(32-5)24(16-19)31-4/h6-16H,1-5H3/b22-14+. The third kappa shape index (κ3) is 4.86. The predicted molar refractivity (Wildman–Crippen MR) is 124 cm³/mol. The van der Waals surface area contributed by atoms with E-state index in [1.54, 1.807) is 26.4 Å². The number of ketones is 1. The molecule has 0 atom stereocenters. The van der Waals surface area contributed by atoms with Crippen LogP contribution in [-0.2, 0) is 0 Å². The van der Waals surface area contributed by atoms with Gasteiger partial charge in [0.05, 0.1) is 35.5 Å². The predicted octanol–water partition coefficient (Wildman–Crippen LogP) is 5.15. The van der Waals surface area contributed by atoms with Gasteiger partial charge in [-0.05, 0) is 53.6 Å². The Kier molecular flexibility index (Phi) is 7.39. The van der Waals surface area contributed by atoms with Crippen molar-refractivity contribution in [2.45, 2.75) is 0 Å². The monoisotopic (exact) mass is 434 g/mol. The Morgan fingerprint density at radius 1 is 0.625 bits per heavy atom. The normalized spacial score (nSPS) is 11.0. The molecule has 32 heavy (non-hydrogen) atoms. The quantitative estimate of drug-likeness (QED) is 0.264. The van der Waals surface area contributed by atoms with Gasteiger partial charge in [-0.3, -0.25) is 4.79 Å². The van der Waals surface area contributed by atoms with E-state index >= 15 is 0 Å². The fraction of sp³-hybridized carbons (Fsp3) is 0.192. The van der Waals surface area contributed by atoms with Crippen molar-refractivity contribution in [1.29, 1.82) is 0 Å². The maximum absolute atomic E-state index is 13.7. The molecule has 3 aromatic carbocycles. The lowest BCUT2D eigenvalue weighted by atomic mass is 9.94. The van der Waals surface area contributed by atoms with E-state index in [4.69, 9.17) is 23.7 Å². The lowest BCUT2D eigenvalue weighted by Gasteiger charge is -2.15. The third-order valence-corrected chi connectivity index (χ3v) is 5.00. The molecule has 0 unspecified atom stereocenters. The summed E-state index contributed by atoms with van der Waals surface area (Å²) >= 11 is 0. The number of Topliss-reactive ketones (excluding diaryl/α,β-unsaturated/α-hetero) is 1. The first-order valence-corrected chi connectivity index (χ1v) is 9.89. The molecule has 0 amide bonds. The van der Waals surface area contributed by atoms with Crippen molar-refractivity contribution in [1.82, 2.24) is 0 Å². The first kappa shape index (κ1) is 22.7. The number of allylic oxidation sites excluding steroid dienone is 1. The average molecular weight is 434 g/mol. The van der Waals surface area contributed by atoms with Crippen molar-refractivity contribution < 1.29 is 28.5 Å². The van der Waals surface area contributed by atoms with Crippen LogP contribution >= 0.6 is 0 Å². The fourth-order valence-corrected chi connectivity index (χ4v) is 3.29. The highest BCUT2D eigenvalue weighted by Gasteiger charge is 2.21. The summed E-state index contributed by atoms with van der Waals surface area (Å²) in [5.41, 5.74) is 2.53. The summed E-state index contributed by atoms with van der Waals surface area (Å²) < 4.78 is 26.7. The number of carbonyl (C=O) groups excluding carboxylic acids is 1. The van der Waals surface area contributed by atoms with E-state index < -0.39 is 0 Å². The van der Waals surface area contributed by atoms with Crippen LogP contribution in [0.25, 0.3) is 11.6 Å². The molecular weight excluding hydrogens is 408 g/mol. The highest BCUT2D eigenvalue weighted by atomic mass is 16.5. The zero-order valence-corrected chi connectivity index (χ0v) is 18.8. The maximum atomic E-state index is 13.7. The van der Waals surface area contributed by atoms with Gasteiger partial charge in [-0.25, -0.2) is 0 Å². The Balaban J connectivity index is 2.13. The fourth-order valence-electron chi connectivity index (χ4n) is 3.29. The third-order valence-electron chi connectivity index (χ3n) is 5.00. The molecule has 0 aliphatic heterocycles. The Bertz CT molecular complexity index is 1070. The molecule has 0 aliphatic carbocycles. The Morgan fingerprint density at radius 2 is 1.12 bits per heavy atom. The zero-order valence-electron chi connectivity index (χ0n) is 18.8. The molecule has 0 aliphatic rings. The summed E-state index contributed by atoms with van der Waals surface area (Å²) in [6.45, 7) is 0. The smallest absolute Gasteiger partial charge is 0.203 e. The maximum Gasteiger partial charge on any atom is 0.203 e. The number of hydrogen-bond donors (Lipinski definition) is 0. The van der Waals surface area contributed by atoms with Crippen molar-refractivity contribution in [3.63, 3.8) is 0 Å². The van der Waals surface area contributed by atoms with E-state index in [1.165, 1.54) is 21.3 Å². The second-order valence-electron chi connectivity index (χ2n) is 6.80. The van der Waals surface area contributed by atoms with Crippen LogP contribution in [0.2, 0.25) is 0 Å². The van der Waals surface area contributed by atoms with Crippen molar-refractivity contribution in [2.75, 3.05) is 35.5 Å². The highest BCUT2D eigenvalue weighted by molar-refractivity contribution is 6.32. The molecule has 0 saturated heterocycles. The topological polar surface area (TPSA) is 63.2 Å². The number of methoxy groups -OCH3 is 5. The van der Waals surface area contributed by atoms with Gasteiger partial charge in [-0.2, -0.15) is 0 Å². The Morgan fingerprint density at radius 3 is 1.56 bits per heavy atom. The van der Waals surface area contributed by atoms with Gasteiger partial charge in [-0.15, -0.1) is 0 Å². The molecule has 166 valence electrons. The number of rotatable bonds is 9. The highest BCUT2D eigenvalue weighted by Crippen LogP contribution is 2.39. The van der Waals surface area contributed by atoms with Crippen LogP contribution in [0.5, 0.6) is 28.7 Å². The summed E-state index contributed by atoms with van der Waals surface area (Å²) in [4.78, 5) is 13.7. The van der Waals surface area contributed by atoms with Crippen molar-refractivity contribution in [2.24, 2.45) is 0 Å². The van der Waals surface area contributed by atoms with Gasteiger partial charge in [0.2, 0.25) is 5.75 Å². The Labute approximate surface area is 188 Å². The van der Waals surface area contributed by atoms with E-state index in [0.29, 0.717) is 34.1 Å². The minimum Gasteiger partial charge on any atom is -0.497 e. The van der Waals surface area contributed by atoms with Crippen molar-refractivity contribution in [3.8, 4) is 28.7 Å². The van der Waals surface area contributed by atoms with E-state index in [-0.39, 0.29) is 5.78 Å². The Hall–Kier alpha value is -3.93. The van der Waals surface area contributed by atoms with Gasteiger partial charge in [-0.1, -0.05) is 24.3 Å². The van der Waals surface area contributed by atoms with Crippen LogP contribution < -0.4 is 23.7 Å². The van der Waals surface area contributed by atoms with Crippen LogP contribution in [0, 0.1) is 0 Å². The molecule has 3 aromatic rings. The summed E-state index contributed by atoms with van der Waals surface area (Å²) in [5.74, 6) is 2.51. The number of benzene rings is 3. The molecule has 0 fully saturated rings. The summed E-state index contributed by atoms with van der Waals surface area (Å²) in [6.07, 6.45) is 1.84. The van der Waals surface area contributed by atoms with Crippen molar-refractivity contribution in [3.05, 3.63) is 77.4 Å². The van der Waals surface area contributed by atoms with Gasteiger partial charge >= 0.3 is 0 Å². The minimum absolute atomic E-state index is 0.190. The average Bonchev–Trinajstić information content (AvgIpc) is 2.86. The first-order chi connectivity index (χ1) is 15.5. The molecule has 0 radical (unpaired) electrons. The van der Waals surface area contributed by atoms with Crippen LogP contribution in [0.1, 0.15) is 21.5 Å². The summed E-state index contributed by atoms with van der Waals surface area (Å²) in [5, 5.41) is 0. The second kappa shape index (κ2) is 10.4. The molecule has 0 spiro atoms. The van der Waals surface area contributed by atoms with E-state index in [0.717, 1.165) is 16.9 Å². The van der Waals surface area contributed by atoms with Gasteiger partial charge in [0, 0.05) is 11.1 Å². The van der Waals surface area contributed by atoms with Gasteiger partial charge in [0.1, 0.15) is 11.5 Å². The zero-order chi connectivity index (χ0) is 23.1. The van der Waals surface area contributed by atoms with Crippen LogP contribution in [-0.4, -0.2) is 41.3 Å². The molecule has 6 nitrogen and oxygen atoms in total. The molecule has 0 aromatic heterocycles. The minimum atomic E-state index is -0.190. The second-order valence-corrected chi connectivity index (χ2v) is 6.80.